The first kappa shape index (κ1) is 18.0. The van der Waals surface area contributed by atoms with Gasteiger partial charge in [0.05, 0.1) is 7.11 Å². The standard InChI is InChI=1S/C19H32O2/c1-6-8-9-11-19(3,4)17-14-15(10-12-20)13-16(7-2)18(17)21-5/h13-14,20H,6-12H2,1-5H3. The highest BCUT2D eigenvalue weighted by molar-refractivity contribution is 5.48. The molecule has 0 aliphatic rings. The van der Waals surface area contributed by atoms with Crippen molar-refractivity contribution in [2.75, 3.05) is 13.7 Å². The number of methoxy groups -OCH3 is 1. The number of aliphatic hydroxyl groups excluding tert-OH is 1. The Morgan fingerprint density at radius 2 is 1.86 bits per heavy atom. The van der Waals surface area contributed by atoms with E-state index in [9.17, 15) is 5.11 Å². The van der Waals surface area contributed by atoms with Crippen LogP contribution in [-0.2, 0) is 18.3 Å². The van der Waals surface area contributed by atoms with Crippen molar-refractivity contribution in [3.63, 3.8) is 0 Å². The molecule has 0 saturated heterocycles. The van der Waals surface area contributed by atoms with Gasteiger partial charge in [-0.1, -0.05) is 59.1 Å². The van der Waals surface area contributed by atoms with E-state index in [0.29, 0.717) is 0 Å². The third kappa shape index (κ3) is 4.74. The zero-order valence-corrected chi connectivity index (χ0v) is 14.5. The monoisotopic (exact) mass is 292 g/mol. The van der Waals surface area contributed by atoms with Gasteiger partial charge in [-0.3, -0.25) is 0 Å². The van der Waals surface area contributed by atoms with E-state index in [-0.39, 0.29) is 12.0 Å². The van der Waals surface area contributed by atoms with Crippen LogP contribution in [0.5, 0.6) is 5.75 Å². The van der Waals surface area contributed by atoms with Gasteiger partial charge in [-0.25, -0.2) is 0 Å². The minimum atomic E-state index is 0.107. The van der Waals surface area contributed by atoms with Gasteiger partial charge in [0.25, 0.3) is 0 Å². The summed E-state index contributed by atoms with van der Waals surface area (Å²) in [6.07, 6.45) is 6.62. The average molecular weight is 292 g/mol. The van der Waals surface area contributed by atoms with E-state index in [1.807, 2.05) is 0 Å². The van der Waals surface area contributed by atoms with Crippen LogP contribution in [0.2, 0.25) is 0 Å². The molecule has 0 bridgehead atoms. The Kier molecular flexibility index (Phi) is 7.24. The lowest BCUT2D eigenvalue weighted by Crippen LogP contribution is -2.19. The largest absolute Gasteiger partial charge is 0.496 e. The van der Waals surface area contributed by atoms with Crippen LogP contribution in [0.4, 0.5) is 0 Å². The van der Waals surface area contributed by atoms with Crippen LogP contribution in [0.15, 0.2) is 12.1 Å². The number of unbranched alkanes of at least 4 members (excludes halogenated alkanes) is 2. The van der Waals surface area contributed by atoms with Crippen molar-refractivity contribution in [1.82, 2.24) is 0 Å². The number of hydrogen-bond acceptors (Lipinski definition) is 2. The molecule has 2 nitrogen and oxygen atoms in total. The minimum Gasteiger partial charge on any atom is -0.496 e. The van der Waals surface area contributed by atoms with Crippen molar-refractivity contribution in [3.05, 3.63) is 28.8 Å². The summed E-state index contributed by atoms with van der Waals surface area (Å²) in [5, 5.41) is 9.25. The van der Waals surface area contributed by atoms with Crippen LogP contribution < -0.4 is 4.74 Å². The molecule has 1 aromatic carbocycles. The molecule has 2 heteroatoms. The third-order valence-electron chi connectivity index (χ3n) is 4.35. The Bertz CT molecular complexity index is 435. The van der Waals surface area contributed by atoms with Gasteiger partial charge in [-0.05, 0) is 35.8 Å². The summed E-state index contributed by atoms with van der Waals surface area (Å²) >= 11 is 0. The number of aryl methyl sites for hydroxylation is 1. The molecule has 0 saturated carbocycles. The first-order valence-electron chi connectivity index (χ1n) is 8.31. The normalized spacial score (nSPS) is 11.7. The molecule has 0 amide bonds. The van der Waals surface area contributed by atoms with Crippen LogP contribution in [0.1, 0.15) is 70.1 Å². The highest BCUT2D eigenvalue weighted by atomic mass is 16.5. The molecular weight excluding hydrogens is 260 g/mol. The van der Waals surface area contributed by atoms with Crippen LogP contribution in [0.3, 0.4) is 0 Å². The van der Waals surface area contributed by atoms with Gasteiger partial charge in [-0.2, -0.15) is 0 Å². The summed E-state index contributed by atoms with van der Waals surface area (Å²) in [6, 6.07) is 4.42. The predicted molar refractivity (Wildman–Crippen MR) is 90.3 cm³/mol. The number of ether oxygens (including phenoxy) is 1. The number of rotatable bonds is 9. The number of aliphatic hydroxyl groups is 1. The zero-order chi connectivity index (χ0) is 15.9. The molecule has 0 heterocycles. The van der Waals surface area contributed by atoms with Crippen molar-refractivity contribution in [2.45, 2.75) is 71.6 Å². The summed E-state index contributed by atoms with van der Waals surface area (Å²) in [6.45, 7) is 9.22. The van der Waals surface area contributed by atoms with Crippen LogP contribution >= 0.6 is 0 Å². The highest BCUT2D eigenvalue weighted by Crippen LogP contribution is 2.39. The lowest BCUT2D eigenvalue weighted by Gasteiger charge is -2.29. The molecule has 1 rings (SSSR count). The molecular formula is C19H32O2. The lowest BCUT2D eigenvalue weighted by molar-refractivity contribution is 0.299. The fourth-order valence-corrected chi connectivity index (χ4v) is 2.99. The highest BCUT2D eigenvalue weighted by Gasteiger charge is 2.26. The van der Waals surface area contributed by atoms with E-state index in [1.54, 1.807) is 7.11 Å². The van der Waals surface area contributed by atoms with Crippen molar-refractivity contribution < 1.29 is 9.84 Å². The first-order valence-corrected chi connectivity index (χ1v) is 8.31. The summed E-state index contributed by atoms with van der Waals surface area (Å²) in [4.78, 5) is 0. The van der Waals surface area contributed by atoms with Crippen molar-refractivity contribution in [3.8, 4) is 5.75 Å². The third-order valence-corrected chi connectivity index (χ3v) is 4.35. The number of benzene rings is 1. The topological polar surface area (TPSA) is 29.5 Å². The Morgan fingerprint density at radius 1 is 1.14 bits per heavy atom. The maximum absolute atomic E-state index is 9.25. The van der Waals surface area contributed by atoms with Crippen LogP contribution in [0, 0.1) is 0 Å². The quantitative estimate of drug-likeness (QED) is 0.671. The lowest BCUT2D eigenvalue weighted by atomic mass is 9.77. The van der Waals surface area contributed by atoms with Gasteiger partial charge in [0.2, 0.25) is 0 Å². The molecule has 0 atom stereocenters. The van der Waals surface area contributed by atoms with Gasteiger partial charge in [0.1, 0.15) is 5.75 Å². The molecule has 120 valence electrons. The molecule has 1 aromatic rings. The van der Waals surface area contributed by atoms with Gasteiger partial charge >= 0.3 is 0 Å². The molecule has 0 aliphatic carbocycles. The summed E-state index contributed by atoms with van der Waals surface area (Å²) in [7, 11) is 1.77. The van der Waals surface area contributed by atoms with E-state index in [2.05, 4.69) is 39.8 Å². The predicted octanol–water partition coefficient (Wildman–Crippen LogP) is 4.65. The molecule has 0 aromatic heterocycles. The van der Waals surface area contributed by atoms with Gasteiger partial charge in [0, 0.05) is 12.2 Å². The van der Waals surface area contributed by atoms with Crippen molar-refractivity contribution in [2.24, 2.45) is 0 Å². The van der Waals surface area contributed by atoms with Crippen molar-refractivity contribution in [1.29, 1.82) is 0 Å². The number of hydrogen-bond donors (Lipinski definition) is 1. The van der Waals surface area contributed by atoms with Gasteiger partial charge < -0.3 is 9.84 Å². The van der Waals surface area contributed by atoms with Gasteiger partial charge in [-0.15, -0.1) is 0 Å². The maximum atomic E-state index is 9.25. The summed E-state index contributed by atoms with van der Waals surface area (Å²) in [5.41, 5.74) is 3.87. The molecule has 1 N–H and O–H groups in total. The molecule has 21 heavy (non-hydrogen) atoms. The fourth-order valence-electron chi connectivity index (χ4n) is 2.99. The summed E-state index contributed by atoms with van der Waals surface area (Å²) in [5.74, 6) is 1.04. The minimum absolute atomic E-state index is 0.107. The molecule has 0 radical (unpaired) electrons. The van der Waals surface area contributed by atoms with Gasteiger partial charge in [0.15, 0.2) is 0 Å². The smallest absolute Gasteiger partial charge is 0.125 e. The Hall–Kier alpha value is -1.02. The maximum Gasteiger partial charge on any atom is 0.125 e. The van der Waals surface area contributed by atoms with E-state index in [0.717, 1.165) is 18.6 Å². The zero-order valence-electron chi connectivity index (χ0n) is 14.5. The molecule has 0 aliphatic heterocycles. The van der Waals surface area contributed by atoms with Crippen LogP contribution in [-0.4, -0.2) is 18.8 Å². The van der Waals surface area contributed by atoms with Crippen LogP contribution in [0.25, 0.3) is 0 Å². The van der Waals surface area contributed by atoms with Crippen molar-refractivity contribution >= 4 is 0 Å². The second-order valence-electron chi connectivity index (χ2n) is 6.50. The first-order chi connectivity index (χ1) is 10.00. The molecule has 0 spiro atoms. The Balaban J connectivity index is 3.19. The van der Waals surface area contributed by atoms with E-state index in [4.69, 9.17) is 4.74 Å². The van der Waals surface area contributed by atoms with E-state index in [1.165, 1.54) is 42.4 Å². The van der Waals surface area contributed by atoms with E-state index < -0.39 is 0 Å². The average Bonchev–Trinajstić information content (AvgIpc) is 2.46. The Morgan fingerprint density at radius 3 is 2.38 bits per heavy atom. The second-order valence-corrected chi connectivity index (χ2v) is 6.50. The molecule has 0 unspecified atom stereocenters. The summed E-state index contributed by atoms with van der Waals surface area (Å²) < 4.78 is 5.73. The fraction of sp³-hybridized carbons (Fsp3) is 0.684. The SMILES string of the molecule is CCCCCC(C)(C)c1cc(CCO)cc(CC)c1OC. The Labute approximate surface area is 130 Å². The van der Waals surface area contributed by atoms with E-state index >= 15 is 0 Å². The molecule has 0 fully saturated rings. The second kappa shape index (κ2) is 8.43.